The van der Waals surface area contributed by atoms with Gasteiger partial charge in [0.05, 0.1) is 11.5 Å². The summed E-state index contributed by atoms with van der Waals surface area (Å²) < 4.78 is 6.10. The third-order valence-electron chi connectivity index (χ3n) is 6.80. The fourth-order valence-electron chi connectivity index (χ4n) is 4.68. The highest BCUT2D eigenvalue weighted by Crippen LogP contribution is 2.36. The summed E-state index contributed by atoms with van der Waals surface area (Å²) in [4.78, 5) is 31.6. The van der Waals surface area contributed by atoms with Gasteiger partial charge in [-0.15, -0.1) is 0 Å². The molecule has 1 aromatic carbocycles. The van der Waals surface area contributed by atoms with E-state index in [9.17, 15) is 9.59 Å². The third-order valence-corrected chi connectivity index (χ3v) is 7.76. The van der Waals surface area contributed by atoms with Gasteiger partial charge in [-0.1, -0.05) is 25.2 Å². The van der Waals surface area contributed by atoms with Gasteiger partial charge in [-0.25, -0.2) is 4.98 Å². The van der Waals surface area contributed by atoms with Crippen LogP contribution < -0.4 is 10.1 Å². The number of carbonyl (C=O) groups is 2. The van der Waals surface area contributed by atoms with Crippen LogP contribution in [-0.4, -0.2) is 41.4 Å². The SMILES string of the molecule is CC(=O)Nc1ncc(-c2ccc3c(c2)CC(C)C(CC(=O)N2CCC(C)CC2)CCO3)s1. The molecule has 2 aromatic rings. The smallest absolute Gasteiger partial charge is 0.223 e. The summed E-state index contributed by atoms with van der Waals surface area (Å²) in [6.45, 7) is 8.46. The molecular weight excluding hydrogens is 422 g/mol. The van der Waals surface area contributed by atoms with E-state index in [4.69, 9.17) is 4.74 Å². The van der Waals surface area contributed by atoms with Crippen molar-refractivity contribution in [3.63, 3.8) is 0 Å². The largest absolute Gasteiger partial charge is 0.493 e. The van der Waals surface area contributed by atoms with Crippen molar-refractivity contribution in [3.8, 4) is 16.2 Å². The zero-order valence-electron chi connectivity index (χ0n) is 19.2. The Hall–Kier alpha value is -2.41. The Bertz CT molecular complexity index is 965. The molecular formula is C25H33N3O3S. The Labute approximate surface area is 194 Å². The molecule has 2 aliphatic heterocycles. The van der Waals surface area contributed by atoms with E-state index in [0.29, 0.717) is 35.9 Å². The molecule has 3 heterocycles. The van der Waals surface area contributed by atoms with Gasteiger partial charge in [0.25, 0.3) is 0 Å². The highest BCUT2D eigenvalue weighted by Gasteiger charge is 2.28. The van der Waals surface area contributed by atoms with Crippen LogP contribution in [0.15, 0.2) is 24.4 Å². The topological polar surface area (TPSA) is 71.5 Å². The number of carbonyl (C=O) groups excluding carboxylic acids is 2. The predicted molar refractivity (Wildman–Crippen MR) is 128 cm³/mol. The number of nitrogens with one attached hydrogen (secondary N) is 1. The molecule has 4 rings (SSSR count). The van der Waals surface area contributed by atoms with Gasteiger partial charge in [0, 0.05) is 32.6 Å². The van der Waals surface area contributed by atoms with Crippen LogP contribution in [0.3, 0.4) is 0 Å². The second-order valence-corrected chi connectivity index (χ2v) is 10.4. The number of rotatable bonds is 4. The number of amides is 2. The van der Waals surface area contributed by atoms with E-state index < -0.39 is 0 Å². The first-order valence-electron chi connectivity index (χ1n) is 11.7. The van der Waals surface area contributed by atoms with E-state index in [1.807, 2.05) is 6.07 Å². The zero-order valence-corrected chi connectivity index (χ0v) is 20.0. The van der Waals surface area contributed by atoms with Crippen molar-refractivity contribution < 1.29 is 14.3 Å². The summed E-state index contributed by atoms with van der Waals surface area (Å²) in [5.74, 6) is 2.57. The van der Waals surface area contributed by atoms with Gasteiger partial charge in [0.15, 0.2) is 5.13 Å². The van der Waals surface area contributed by atoms with E-state index >= 15 is 0 Å². The Balaban J connectivity index is 1.45. The van der Waals surface area contributed by atoms with Crippen LogP contribution in [0.4, 0.5) is 5.13 Å². The summed E-state index contributed by atoms with van der Waals surface area (Å²) in [6.07, 6.45) is 6.44. The van der Waals surface area contributed by atoms with E-state index in [-0.39, 0.29) is 5.91 Å². The zero-order chi connectivity index (χ0) is 22.7. The first kappa shape index (κ1) is 22.8. The molecule has 2 unspecified atom stereocenters. The van der Waals surface area contributed by atoms with E-state index in [2.05, 4.69) is 41.2 Å². The molecule has 0 bridgehead atoms. The average molecular weight is 456 g/mol. The average Bonchev–Trinajstić information content (AvgIpc) is 3.20. The Kier molecular flexibility index (Phi) is 7.13. The fraction of sp³-hybridized carbons (Fsp3) is 0.560. The summed E-state index contributed by atoms with van der Waals surface area (Å²) in [7, 11) is 0. The Morgan fingerprint density at radius 2 is 2.00 bits per heavy atom. The Morgan fingerprint density at radius 1 is 1.22 bits per heavy atom. The van der Waals surface area contributed by atoms with Crippen molar-refractivity contribution in [2.24, 2.45) is 17.8 Å². The van der Waals surface area contributed by atoms with E-state index in [0.717, 1.165) is 60.9 Å². The van der Waals surface area contributed by atoms with Gasteiger partial charge < -0.3 is 15.0 Å². The first-order chi connectivity index (χ1) is 15.4. The van der Waals surface area contributed by atoms with Crippen LogP contribution in [0, 0.1) is 17.8 Å². The van der Waals surface area contributed by atoms with Gasteiger partial charge >= 0.3 is 0 Å². The lowest BCUT2D eigenvalue weighted by Gasteiger charge is -2.33. The van der Waals surface area contributed by atoms with Crippen molar-refractivity contribution in [2.45, 2.75) is 52.9 Å². The lowest BCUT2D eigenvalue weighted by atomic mass is 9.82. The van der Waals surface area contributed by atoms with E-state index in [1.165, 1.54) is 23.8 Å². The second kappa shape index (κ2) is 10.0. The van der Waals surface area contributed by atoms with Crippen LogP contribution in [0.25, 0.3) is 10.4 Å². The van der Waals surface area contributed by atoms with E-state index in [1.54, 1.807) is 6.20 Å². The number of nitrogens with zero attached hydrogens (tertiary/aromatic N) is 2. The third kappa shape index (κ3) is 5.49. The molecule has 2 aliphatic rings. The molecule has 1 aromatic heterocycles. The maximum Gasteiger partial charge on any atom is 0.223 e. The van der Waals surface area contributed by atoms with Gasteiger partial charge in [-0.05, 0) is 72.8 Å². The number of hydrogen-bond donors (Lipinski definition) is 1. The lowest BCUT2D eigenvalue weighted by molar-refractivity contribution is -0.134. The second-order valence-electron chi connectivity index (χ2n) is 9.38. The van der Waals surface area contributed by atoms with Crippen molar-refractivity contribution >= 4 is 28.3 Å². The Morgan fingerprint density at radius 3 is 2.75 bits per heavy atom. The monoisotopic (exact) mass is 455 g/mol. The summed E-state index contributed by atoms with van der Waals surface area (Å²) in [5.41, 5.74) is 2.25. The van der Waals surface area contributed by atoms with Crippen LogP contribution in [-0.2, 0) is 16.0 Å². The number of benzene rings is 1. The highest BCUT2D eigenvalue weighted by molar-refractivity contribution is 7.19. The number of likely N-dealkylation sites (tertiary alicyclic amines) is 1. The minimum atomic E-state index is -0.119. The molecule has 1 N–H and O–H groups in total. The fourth-order valence-corrected chi connectivity index (χ4v) is 5.54. The molecule has 7 heteroatoms. The minimum Gasteiger partial charge on any atom is -0.493 e. The van der Waals surface area contributed by atoms with Crippen LogP contribution in [0.1, 0.15) is 52.0 Å². The standard InChI is InChI=1S/C25H33N3O3S/c1-16-6-9-28(10-7-16)24(30)14-19-8-11-31-22-5-4-20(13-21(22)12-17(19)2)23-15-26-25(32-23)27-18(3)29/h4-5,13,15-17,19H,6-12,14H2,1-3H3,(H,26,27,29). The van der Waals surface area contributed by atoms with Crippen LogP contribution >= 0.6 is 11.3 Å². The summed E-state index contributed by atoms with van der Waals surface area (Å²) in [6, 6.07) is 6.26. The predicted octanol–water partition coefficient (Wildman–Crippen LogP) is 4.99. The molecule has 0 saturated carbocycles. The molecule has 2 amide bonds. The maximum absolute atomic E-state index is 12.9. The molecule has 1 fully saturated rings. The quantitative estimate of drug-likeness (QED) is 0.705. The van der Waals surface area contributed by atoms with Crippen molar-refractivity contribution in [2.75, 3.05) is 25.0 Å². The number of thiazole rings is 1. The molecule has 1 saturated heterocycles. The van der Waals surface area contributed by atoms with Crippen LogP contribution in [0.5, 0.6) is 5.75 Å². The van der Waals surface area contributed by atoms with Crippen LogP contribution in [0.2, 0.25) is 0 Å². The highest BCUT2D eigenvalue weighted by atomic mass is 32.1. The summed E-state index contributed by atoms with van der Waals surface area (Å²) >= 11 is 1.47. The van der Waals surface area contributed by atoms with Gasteiger partial charge in [0.1, 0.15) is 5.75 Å². The molecule has 0 aliphatic carbocycles. The molecule has 32 heavy (non-hydrogen) atoms. The van der Waals surface area contributed by atoms with Crippen molar-refractivity contribution in [1.82, 2.24) is 9.88 Å². The summed E-state index contributed by atoms with van der Waals surface area (Å²) in [5, 5.41) is 3.35. The molecule has 0 spiro atoms. The molecule has 172 valence electrons. The minimum absolute atomic E-state index is 0.119. The number of hydrogen-bond acceptors (Lipinski definition) is 5. The van der Waals surface area contributed by atoms with Gasteiger partial charge in [0.2, 0.25) is 11.8 Å². The normalized spacial score (nSPS) is 21.8. The number of fused-ring (bicyclic) bond motifs is 1. The van der Waals surface area contributed by atoms with Gasteiger partial charge in [-0.2, -0.15) is 0 Å². The number of anilines is 1. The maximum atomic E-state index is 12.9. The molecule has 0 radical (unpaired) electrons. The van der Waals surface area contributed by atoms with Crippen molar-refractivity contribution in [3.05, 3.63) is 30.0 Å². The molecule has 2 atom stereocenters. The first-order valence-corrected chi connectivity index (χ1v) is 12.5. The van der Waals surface area contributed by atoms with Crippen molar-refractivity contribution in [1.29, 1.82) is 0 Å². The van der Waals surface area contributed by atoms with Gasteiger partial charge in [-0.3, -0.25) is 9.59 Å². The number of ether oxygens (including phenoxy) is 1. The number of aromatic nitrogens is 1. The number of piperidine rings is 1. The lowest BCUT2D eigenvalue weighted by Crippen LogP contribution is -2.39. The molecule has 6 nitrogen and oxygen atoms in total.